The molecule has 13 heavy (non-hydrogen) atoms. The Hall–Kier alpha value is -0.580. The summed E-state index contributed by atoms with van der Waals surface area (Å²) in [6.07, 6.45) is 0. The van der Waals surface area contributed by atoms with E-state index in [-0.39, 0.29) is 5.78 Å². The van der Waals surface area contributed by atoms with Crippen molar-refractivity contribution in [3.05, 3.63) is 27.3 Å². The Morgan fingerprint density at radius 3 is 2.77 bits per heavy atom. The van der Waals surface area contributed by atoms with Crippen molar-refractivity contribution >= 4 is 28.4 Å². The van der Waals surface area contributed by atoms with Gasteiger partial charge in [-0.05, 0) is 42.5 Å². The molecule has 0 amide bonds. The van der Waals surface area contributed by atoms with Crippen molar-refractivity contribution in [3.63, 3.8) is 0 Å². The van der Waals surface area contributed by atoms with E-state index in [2.05, 4.69) is 22.6 Å². The van der Waals surface area contributed by atoms with Crippen molar-refractivity contribution in [1.82, 2.24) is 0 Å². The summed E-state index contributed by atoms with van der Waals surface area (Å²) in [5.41, 5.74) is 0.728. The number of halogens is 1. The normalized spacial score (nSPS) is 9.77. The third-order valence-electron chi connectivity index (χ3n) is 1.64. The highest BCUT2D eigenvalue weighted by atomic mass is 127. The summed E-state index contributed by atoms with van der Waals surface area (Å²) >= 11 is 2.13. The van der Waals surface area contributed by atoms with E-state index < -0.39 is 0 Å². The van der Waals surface area contributed by atoms with Crippen molar-refractivity contribution in [2.75, 3.05) is 6.61 Å². The van der Waals surface area contributed by atoms with E-state index in [0.717, 1.165) is 14.9 Å². The second-order valence-corrected chi connectivity index (χ2v) is 3.69. The standard InChI is InChI=1S/C10H11IO2/c1-3-13-9-6-4-5-8(7(2)12)10(9)11/h4-6H,3H2,1-2H3. The van der Waals surface area contributed by atoms with Crippen LogP contribution in [-0.4, -0.2) is 12.4 Å². The summed E-state index contributed by atoms with van der Waals surface area (Å²) in [4.78, 5) is 11.2. The number of ether oxygens (including phenoxy) is 1. The second kappa shape index (κ2) is 4.60. The number of hydrogen-bond donors (Lipinski definition) is 0. The zero-order valence-electron chi connectivity index (χ0n) is 7.63. The zero-order chi connectivity index (χ0) is 9.84. The van der Waals surface area contributed by atoms with Gasteiger partial charge >= 0.3 is 0 Å². The van der Waals surface area contributed by atoms with Crippen molar-refractivity contribution in [1.29, 1.82) is 0 Å². The lowest BCUT2D eigenvalue weighted by atomic mass is 10.1. The number of ketones is 1. The molecule has 1 aromatic rings. The van der Waals surface area contributed by atoms with Gasteiger partial charge in [-0.25, -0.2) is 0 Å². The quantitative estimate of drug-likeness (QED) is 0.632. The monoisotopic (exact) mass is 290 g/mol. The van der Waals surface area contributed by atoms with Gasteiger partial charge in [0.2, 0.25) is 0 Å². The third-order valence-corrected chi connectivity index (χ3v) is 2.76. The molecule has 0 radical (unpaired) electrons. The van der Waals surface area contributed by atoms with Crippen LogP contribution in [0, 0.1) is 3.57 Å². The molecule has 0 fully saturated rings. The van der Waals surface area contributed by atoms with Crippen LogP contribution in [0.2, 0.25) is 0 Å². The second-order valence-electron chi connectivity index (χ2n) is 2.61. The molecular weight excluding hydrogens is 279 g/mol. The summed E-state index contributed by atoms with van der Waals surface area (Å²) in [6, 6.07) is 5.52. The molecule has 2 nitrogen and oxygen atoms in total. The predicted molar refractivity (Wildman–Crippen MR) is 60.3 cm³/mol. The predicted octanol–water partition coefficient (Wildman–Crippen LogP) is 2.89. The number of carbonyl (C=O) groups excluding carboxylic acids is 1. The maximum atomic E-state index is 11.2. The van der Waals surface area contributed by atoms with Crippen molar-refractivity contribution < 1.29 is 9.53 Å². The first-order valence-corrected chi connectivity index (χ1v) is 5.17. The average Bonchev–Trinajstić information content (AvgIpc) is 2.08. The number of benzene rings is 1. The van der Waals surface area contributed by atoms with Gasteiger partial charge in [0.05, 0.1) is 10.2 Å². The van der Waals surface area contributed by atoms with E-state index >= 15 is 0 Å². The minimum absolute atomic E-state index is 0.0750. The van der Waals surface area contributed by atoms with Gasteiger partial charge in [-0.15, -0.1) is 0 Å². The van der Waals surface area contributed by atoms with E-state index in [1.807, 2.05) is 25.1 Å². The van der Waals surface area contributed by atoms with E-state index in [1.54, 1.807) is 6.92 Å². The molecule has 1 aromatic carbocycles. The topological polar surface area (TPSA) is 26.3 Å². The molecule has 0 spiro atoms. The maximum absolute atomic E-state index is 11.2. The summed E-state index contributed by atoms with van der Waals surface area (Å²) in [6.45, 7) is 4.11. The summed E-state index contributed by atoms with van der Waals surface area (Å²) in [5.74, 6) is 0.863. The van der Waals surface area contributed by atoms with Gasteiger partial charge in [-0.2, -0.15) is 0 Å². The van der Waals surface area contributed by atoms with Crippen LogP contribution in [0.5, 0.6) is 5.75 Å². The van der Waals surface area contributed by atoms with Gasteiger partial charge < -0.3 is 4.74 Å². The average molecular weight is 290 g/mol. The van der Waals surface area contributed by atoms with E-state index in [1.165, 1.54) is 0 Å². The molecule has 0 unspecified atom stereocenters. The lowest BCUT2D eigenvalue weighted by Gasteiger charge is -2.07. The molecule has 0 aromatic heterocycles. The van der Waals surface area contributed by atoms with Crippen LogP contribution in [0.1, 0.15) is 24.2 Å². The number of hydrogen-bond acceptors (Lipinski definition) is 2. The Kier molecular flexibility index (Phi) is 3.71. The summed E-state index contributed by atoms with van der Waals surface area (Å²) in [5, 5.41) is 0. The Morgan fingerprint density at radius 1 is 1.54 bits per heavy atom. The zero-order valence-corrected chi connectivity index (χ0v) is 9.79. The molecule has 0 N–H and O–H groups in total. The molecule has 0 heterocycles. The molecule has 0 atom stereocenters. The molecule has 70 valence electrons. The Labute approximate surface area is 91.4 Å². The van der Waals surface area contributed by atoms with E-state index in [9.17, 15) is 4.79 Å². The maximum Gasteiger partial charge on any atom is 0.161 e. The molecule has 0 bridgehead atoms. The van der Waals surface area contributed by atoms with Crippen LogP contribution in [0.15, 0.2) is 18.2 Å². The van der Waals surface area contributed by atoms with Crippen LogP contribution < -0.4 is 4.74 Å². The van der Waals surface area contributed by atoms with Gasteiger partial charge in [0.25, 0.3) is 0 Å². The molecule has 0 aliphatic rings. The van der Waals surface area contributed by atoms with Gasteiger partial charge in [-0.3, -0.25) is 4.79 Å². The fraction of sp³-hybridized carbons (Fsp3) is 0.300. The van der Waals surface area contributed by atoms with E-state index in [4.69, 9.17) is 4.74 Å². The van der Waals surface area contributed by atoms with Crippen LogP contribution >= 0.6 is 22.6 Å². The van der Waals surface area contributed by atoms with Crippen molar-refractivity contribution in [2.24, 2.45) is 0 Å². The third kappa shape index (κ3) is 2.43. The molecule has 3 heteroatoms. The highest BCUT2D eigenvalue weighted by Gasteiger charge is 2.08. The first-order valence-electron chi connectivity index (χ1n) is 4.09. The molecule has 0 saturated heterocycles. The lowest BCUT2D eigenvalue weighted by Crippen LogP contribution is -2.00. The highest BCUT2D eigenvalue weighted by Crippen LogP contribution is 2.24. The SMILES string of the molecule is CCOc1cccc(C(C)=O)c1I. The Bertz CT molecular complexity index is 321. The molecule has 1 rings (SSSR count). The highest BCUT2D eigenvalue weighted by molar-refractivity contribution is 14.1. The van der Waals surface area contributed by atoms with Gasteiger partial charge in [0.15, 0.2) is 5.78 Å². The number of Topliss-reactive ketones (excluding diaryl/α,β-unsaturated/α-hetero) is 1. The van der Waals surface area contributed by atoms with Crippen LogP contribution in [0.3, 0.4) is 0 Å². The smallest absolute Gasteiger partial charge is 0.161 e. The molecular formula is C10H11IO2. The van der Waals surface area contributed by atoms with Gasteiger partial charge in [0, 0.05) is 5.56 Å². The largest absolute Gasteiger partial charge is 0.493 e. The fourth-order valence-corrected chi connectivity index (χ4v) is 1.94. The minimum atomic E-state index is 0.0750. The molecule has 0 aliphatic carbocycles. The first kappa shape index (κ1) is 10.5. The van der Waals surface area contributed by atoms with Gasteiger partial charge in [0.1, 0.15) is 5.75 Å². The first-order chi connectivity index (χ1) is 6.16. The summed E-state index contributed by atoms with van der Waals surface area (Å²) < 4.78 is 6.27. The minimum Gasteiger partial charge on any atom is -0.493 e. The van der Waals surface area contributed by atoms with Crippen molar-refractivity contribution in [2.45, 2.75) is 13.8 Å². The van der Waals surface area contributed by atoms with Crippen LogP contribution in [0.4, 0.5) is 0 Å². The van der Waals surface area contributed by atoms with Crippen molar-refractivity contribution in [3.8, 4) is 5.75 Å². The van der Waals surface area contributed by atoms with Crippen LogP contribution in [0.25, 0.3) is 0 Å². The summed E-state index contributed by atoms with van der Waals surface area (Å²) in [7, 11) is 0. The fourth-order valence-electron chi connectivity index (χ4n) is 1.05. The molecule has 0 aliphatic heterocycles. The van der Waals surface area contributed by atoms with Gasteiger partial charge in [-0.1, -0.05) is 12.1 Å². The van der Waals surface area contributed by atoms with E-state index in [0.29, 0.717) is 6.61 Å². The number of carbonyl (C=O) groups is 1. The number of rotatable bonds is 3. The Balaban J connectivity index is 3.10. The Morgan fingerprint density at radius 2 is 2.23 bits per heavy atom. The molecule has 0 saturated carbocycles. The lowest BCUT2D eigenvalue weighted by molar-refractivity contribution is 0.101. The van der Waals surface area contributed by atoms with Crippen LogP contribution in [-0.2, 0) is 0 Å².